The standard InChI is InChI=1S/2C20H22N4/c1-14(2)12-24-13-15-8-4-5-9-16(15)20-19(21-22-23(20)3)17-10-6-7-11-18(17)24;1-14(2)12-24-20-17-10-6-7-11-18(17)23(3)13-15-8-4-5-9-16(15)19(20)21-22-24/h2*4-11,14H,12-13H2,1-3H3. The molecule has 0 atom stereocenters. The number of rotatable bonds is 4. The Hall–Kier alpha value is -5.24. The fraction of sp³-hybridized carbons (Fsp3) is 0.300. The van der Waals surface area contributed by atoms with Crippen LogP contribution in [0.4, 0.5) is 11.4 Å². The van der Waals surface area contributed by atoms with Gasteiger partial charge >= 0.3 is 0 Å². The van der Waals surface area contributed by atoms with Crippen molar-refractivity contribution in [3.63, 3.8) is 0 Å². The van der Waals surface area contributed by atoms with E-state index in [9.17, 15) is 0 Å². The summed E-state index contributed by atoms with van der Waals surface area (Å²) >= 11 is 0. The molecule has 0 spiro atoms. The van der Waals surface area contributed by atoms with Gasteiger partial charge in [-0.3, -0.25) is 0 Å². The minimum Gasteiger partial charge on any atom is -0.370 e. The summed E-state index contributed by atoms with van der Waals surface area (Å²) in [6.07, 6.45) is 0. The average molecular weight is 637 g/mol. The van der Waals surface area contributed by atoms with Gasteiger partial charge in [0.1, 0.15) is 11.4 Å². The summed E-state index contributed by atoms with van der Waals surface area (Å²) in [4.78, 5) is 4.78. The normalized spacial score (nSPS) is 13.1. The van der Waals surface area contributed by atoms with E-state index in [0.717, 1.165) is 54.5 Å². The van der Waals surface area contributed by atoms with E-state index >= 15 is 0 Å². The maximum absolute atomic E-state index is 4.57. The number of hydrogen-bond acceptors (Lipinski definition) is 6. The zero-order valence-corrected chi connectivity index (χ0v) is 28.8. The number of fused-ring (bicyclic) bond motifs is 10. The predicted octanol–water partition coefficient (Wildman–Crippen LogP) is 8.34. The molecule has 244 valence electrons. The number of nitrogens with zero attached hydrogens (tertiary/aromatic N) is 8. The number of hydrogen-bond donors (Lipinski definition) is 0. The molecule has 8 heteroatoms. The second kappa shape index (κ2) is 13.1. The van der Waals surface area contributed by atoms with Gasteiger partial charge in [-0.05, 0) is 35.1 Å². The van der Waals surface area contributed by atoms with Crippen LogP contribution >= 0.6 is 0 Å². The lowest BCUT2D eigenvalue weighted by molar-refractivity contribution is 0.475. The van der Waals surface area contributed by atoms with Gasteiger partial charge in [0.2, 0.25) is 0 Å². The van der Waals surface area contributed by atoms with Crippen molar-refractivity contribution in [2.24, 2.45) is 18.9 Å². The van der Waals surface area contributed by atoms with Gasteiger partial charge < -0.3 is 9.80 Å². The van der Waals surface area contributed by atoms with Crippen LogP contribution in [-0.2, 0) is 26.7 Å². The Kier molecular flexibility index (Phi) is 8.56. The number of aromatic nitrogens is 6. The lowest BCUT2D eigenvalue weighted by Crippen LogP contribution is -2.28. The SMILES string of the molecule is CC(C)CN1Cc2ccccc2-c2c(nnn2C)-c2ccccc21.CC(C)Cn1nnc2c1-c1ccccc1N(C)Cc1ccccc1-2. The quantitative estimate of drug-likeness (QED) is 0.194. The van der Waals surface area contributed by atoms with Crippen molar-refractivity contribution in [3.8, 4) is 45.0 Å². The third kappa shape index (κ3) is 5.87. The molecule has 0 N–H and O–H groups in total. The molecule has 0 radical (unpaired) electrons. The summed E-state index contributed by atoms with van der Waals surface area (Å²) in [7, 11) is 4.12. The molecule has 2 aliphatic rings. The van der Waals surface area contributed by atoms with Gasteiger partial charge in [0, 0.05) is 73.9 Å². The summed E-state index contributed by atoms with van der Waals surface area (Å²) in [5.74, 6) is 1.10. The molecule has 6 aromatic rings. The van der Waals surface area contributed by atoms with Gasteiger partial charge in [-0.2, -0.15) is 0 Å². The molecular weight excluding hydrogens is 592 g/mol. The largest absolute Gasteiger partial charge is 0.370 e. The minimum atomic E-state index is 0.515. The van der Waals surface area contributed by atoms with Gasteiger partial charge in [0.15, 0.2) is 0 Å². The van der Waals surface area contributed by atoms with E-state index in [1.165, 1.54) is 39.2 Å². The monoisotopic (exact) mass is 636 g/mol. The van der Waals surface area contributed by atoms with E-state index in [1.807, 2.05) is 11.7 Å². The molecule has 0 fully saturated rings. The Morgan fingerprint density at radius 2 is 1.08 bits per heavy atom. The van der Waals surface area contributed by atoms with Crippen molar-refractivity contribution in [2.45, 2.75) is 47.3 Å². The van der Waals surface area contributed by atoms with Crippen molar-refractivity contribution in [3.05, 3.63) is 108 Å². The van der Waals surface area contributed by atoms with Gasteiger partial charge in [-0.15, -0.1) is 10.2 Å². The highest BCUT2D eigenvalue weighted by Crippen LogP contribution is 2.42. The van der Waals surface area contributed by atoms with Crippen LogP contribution < -0.4 is 9.80 Å². The second-order valence-electron chi connectivity index (χ2n) is 13.8. The molecule has 4 heterocycles. The summed E-state index contributed by atoms with van der Waals surface area (Å²) in [5.41, 5.74) is 14.0. The molecule has 0 saturated carbocycles. The Balaban J connectivity index is 0.000000152. The molecular formula is C40H44N8. The van der Waals surface area contributed by atoms with Crippen LogP contribution in [0.3, 0.4) is 0 Å². The highest BCUT2D eigenvalue weighted by atomic mass is 15.4. The first-order chi connectivity index (χ1) is 23.3. The zero-order valence-electron chi connectivity index (χ0n) is 28.8. The summed E-state index contributed by atoms with van der Waals surface area (Å²) in [6.45, 7) is 12.6. The first-order valence-electron chi connectivity index (χ1n) is 16.9. The maximum atomic E-state index is 4.57. The number of anilines is 2. The lowest BCUT2D eigenvalue weighted by Gasteiger charge is -2.31. The summed E-state index contributed by atoms with van der Waals surface area (Å²) in [6, 6.07) is 34.2. The van der Waals surface area contributed by atoms with Crippen molar-refractivity contribution in [1.82, 2.24) is 30.0 Å². The fourth-order valence-electron chi connectivity index (χ4n) is 7.05. The summed E-state index contributed by atoms with van der Waals surface area (Å²) in [5, 5.41) is 17.9. The van der Waals surface area contributed by atoms with Gasteiger partial charge in [-0.25, -0.2) is 9.36 Å². The van der Waals surface area contributed by atoms with Gasteiger partial charge in [0.05, 0.1) is 11.4 Å². The summed E-state index contributed by atoms with van der Waals surface area (Å²) < 4.78 is 3.96. The number of para-hydroxylation sites is 2. The minimum absolute atomic E-state index is 0.515. The highest BCUT2D eigenvalue weighted by molar-refractivity contribution is 5.89. The molecule has 0 saturated heterocycles. The van der Waals surface area contributed by atoms with Gasteiger partial charge in [-0.1, -0.05) is 123 Å². The van der Waals surface area contributed by atoms with E-state index in [1.54, 1.807) is 0 Å². The lowest BCUT2D eigenvalue weighted by atomic mass is 9.95. The Morgan fingerprint density at radius 1 is 0.542 bits per heavy atom. The van der Waals surface area contributed by atoms with Crippen molar-refractivity contribution >= 4 is 11.4 Å². The molecule has 4 aromatic carbocycles. The Bertz CT molecular complexity index is 2050. The molecule has 0 aliphatic carbocycles. The molecule has 2 aromatic heterocycles. The van der Waals surface area contributed by atoms with E-state index < -0.39 is 0 Å². The van der Waals surface area contributed by atoms with E-state index in [0.29, 0.717) is 11.8 Å². The first kappa shape index (κ1) is 31.4. The van der Waals surface area contributed by atoms with Crippen LogP contribution in [0.25, 0.3) is 45.0 Å². The van der Waals surface area contributed by atoms with Crippen molar-refractivity contribution in [2.75, 3.05) is 23.4 Å². The number of benzene rings is 4. The molecule has 0 bridgehead atoms. The molecule has 0 unspecified atom stereocenters. The fourth-order valence-corrected chi connectivity index (χ4v) is 7.05. The molecule has 8 nitrogen and oxygen atoms in total. The van der Waals surface area contributed by atoms with E-state index in [4.69, 9.17) is 0 Å². The van der Waals surface area contributed by atoms with Crippen LogP contribution in [0.15, 0.2) is 97.1 Å². The third-order valence-electron chi connectivity index (χ3n) is 9.07. The smallest absolute Gasteiger partial charge is 0.123 e. The van der Waals surface area contributed by atoms with Crippen LogP contribution in [0.5, 0.6) is 0 Å². The second-order valence-corrected chi connectivity index (χ2v) is 13.8. The molecule has 48 heavy (non-hydrogen) atoms. The Labute approximate surface area is 283 Å². The molecule has 2 aliphatic heterocycles. The molecule has 8 rings (SSSR count). The number of aryl methyl sites for hydroxylation is 1. The first-order valence-corrected chi connectivity index (χ1v) is 16.9. The van der Waals surface area contributed by atoms with Crippen LogP contribution in [-0.4, -0.2) is 43.6 Å². The van der Waals surface area contributed by atoms with Crippen LogP contribution in [0.2, 0.25) is 0 Å². The topological polar surface area (TPSA) is 67.9 Å². The van der Waals surface area contributed by atoms with Crippen LogP contribution in [0, 0.1) is 11.8 Å². The highest BCUT2D eigenvalue weighted by Gasteiger charge is 2.27. The zero-order chi connectivity index (χ0) is 33.4. The van der Waals surface area contributed by atoms with Crippen molar-refractivity contribution < 1.29 is 0 Å². The van der Waals surface area contributed by atoms with Crippen molar-refractivity contribution in [1.29, 1.82) is 0 Å². The maximum Gasteiger partial charge on any atom is 0.123 e. The van der Waals surface area contributed by atoms with Gasteiger partial charge in [0.25, 0.3) is 0 Å². The van der Waals surface area contributed by atoms with E-state index in [2.05, 4.69) is 167 Å². The Morgan fingerprint density at radius 3 is 1.79 bits per heavy atom. The van der Waals surface area contributed by atoms with E-state index in [-0.39, 0.29) is 0 Å². The molecule has 0 amide bonds. The average Bonchev–Trinajstić information content (AvgIpc) is 3.66. The third-order valence-corrected chi connectivity index (χ3v) is 9.07. The van der Waals surface area contributed by atoms with Crippen LogP contribution in [0.1, 0.15) is 38.8 Å². The predicted molar refractivity (Wildman–Crippen MR) is 196 cm³/mol.